The predicted molar refractivity (Wildman–Crippen MR) is 122 cm³/mol. The van der Waals surface area contributed by atoms with Gasteiger partial charge in [0, 0.05) is 19.3 Å². The van der Waals surface area contributed by atoms with Crippen LogP contribution in [0.2, 0.25) is 0 Å². The van der Waals surface area contributed by atoms with Gasteiger partial charge >= 0.3 is 11.9 Å². The smallest absolute Gasteiger partial charge is 0.373 e. The minimum Gasteiger partial charge on any atom is -0.451 e. The summed E-state index contributed by atoms with van der Waals surface area (Å²) in [5, 5.41) is 0.455. The fraction of sp³-hybridized carbons (Fsp3) is 0.760. The molecule has 0 bridgehead atoms. The van der Waals surface area contributed by atoms with E-state index in [4.69, 9.17) is 9.57 Å². The topological polar surface area (TPSA) is 90.0 Å². The molecule has 1 atom stereocenters. The number of hydrogen-bond donors (Lipinski definition) is 0. The van der Waals surface area contributed by atoms with Gasteiger partial charge in [-0.05, 0) is 39.0 Å². The second kappa shape index (κ2) is 17.4. The van der Waals surface area contributed by atoms with Gasteiger partial charge in [0.25, 0.3) is 11.8 Å². The fourth-order valence-corrected chi connectivity index (χ4v) is 3.47. The standard InChI is InChI=1S/C25H41NO6/c1-3-4-5-6-7-8-9-10-11-12-13-14-15-16-17-18-24(29)31-21(2)25(30)32-26-22(27)19-20-23(26)28/h10-11,21H,3-9,12-20H2,1-2H3/b11-10-/t21-/m0/s1. The Kier molecular flexibility index (Phi) is 15.1. The summed E-state index contributed by atoms with van der Waals surface area (Å²) in [6, 6.07) is 0. The lowest BCUT2D eigenvalue weighted by Gasteiger charge is -2.16. The average molecular weight is 452 g/mol. The molecule has 0 N–H and O–H groups in total. The minimum atomic E-state index is -1.16. The summed E-state index contributed by atoms with van der Waals surface area (Å²) in [7, 11) is 0. The largest absolute Gasteiger partial charge is 0.451 e. The fourth-order valence-electron chi connectivity index (χ4n) is 3.47. The van der Waals surface area contributed by atoms with Crippen LogP contribution in [0.3, 0.4) is 0 Å². The third-order valence-corrected chi connectivity index (χ3v) is 5.47. The number of imide groups is 1. The van der Waals surface area contributed by atoms with Gasteiger partial charge in [-0.2, -0.15) is 0 Å². The van der Waals surface area contributed by atoms with Gasteiger partial charge in [-0.3, -0.25) is 14.4 Å². The van der Waals surface area contributed by atoms with Gasteiger partial charge in [-0.1, -0.05) is 70.4 Å². The van der Waals surface area contributed by atoms with E-state index < -0.39 is 29.9 Å². The molecule has 0 spiro atoms. The SMILES string of the molecule is CCCCCCCC/C=C\CCCCCCCC(=O)O[C@@H](C)C(=O)ON1C(=O)CCC1=O. The molecule has 0 aromatic rings. The lowest BCUT2D eigenvalue weighted by atomic mass is 10.1. The van der Waals surface area contributed by atoms with E-state index >= 15 is 0 Å². The van der Waals surface area contributed by atoms with Crippen LogP contribution in [0, 0.1) is 0 Å². The van der Waals surface area contributed by atoms with Crippen molar-refractivity contribution >= 4 is 23.8 Å². The number of amides is 2. The lowest BCUT2D eigenvalue weighted by Crippen LogP contribution is -2.37. The van der Waals surface area contributed by atoms with E-state index in [1.807, 2.05) is 0 Å². The summed E-state index contributed by atoms with van der Waals surface area (Å²) in [4.78, 5) is 51.4. The van der Waals surface area contributed by atoms with Crippen molar-refractivity contribution in [2.24, 2.45) is 0 Å². The molecule has 7 nitrogen and oxygen atoms in total. The summed E-state index contributed by atoms with van der Waals surface area (Å²) < 4.78 is 5.04. The zero-order valence-electron chi connectivity index (χ0n) is 19.9. The van der Waals surface area contributed by atoms with Gasteiger partial charge in [-0.15, -0.1) is 5.06 Å². The molecule has 0 radical (unpaired) electrons. The second-order valence-corrected chi connectivity index (χ2v) is 8.46. The van der Waals surface area contributed by atoms with E-state index in [2.05, 4.69) is 19.1 Å². The van der Waals surface area contributed by atoms with E-state index in [1.54, 1.807) is 0 Å². The Morgan fingerprint density at radius 3 is 1.91 bits per heavy atom. The van der Waals surface area contributed by atoms with Crippen molar-refractivity contribution in [3.63, 3.8) is 0 Å². The normalized spacial score (nSPS) is 14.9. The number of hydroxylamine groups is 2. The molecule has 1 aliphatic rings. The molecule has 1 aliphatic heterocycles. The van der Waals surface area contributed by atoms with Crippen LogP contribution in [0.4, 0.5) is 0 Å². The first-order chi connectivity index (χ1) is 15.5. The van der Waals surface area contributed by atoms with Crippen LogP contribution in [-0.4, -0.2) is 34.9 Å². The lowest BCUT2D eigenvalue weighted by molar-refractivity contribution is -0.205. The molecule has 1 rings (SSSR count). The maximum absolute atomic E-state index is 11.9. The summed E-state index contributed by atoms with van der Waals surface area (Å²) >= 11 is 0. The molecule has 7 heteroatoms. The Balaban J connectivity index is 1.96. The molecule has 0 aliphatic carbocycles. The van der Waals surface area contributed by atoms with Crippen molar-refractivity contribution in [1.29, 1.82) is 0 Å². The summed E-state index contributed by atoms with van der Waals surface area (Å²) in [6.07, 6.45) is 19.0. The van der Waals surface area contributed by atoms with Crippen LogP contribution in [0.1, 0.15) is 117 Å². The van der Waals surface area contributed by atoms with Gasteiger partial charge in [0.05, 0.1) is 0 Å². The first-order valence-electron chi connectivity index (χ1n) is 12.4. The van der Waals surface area contributed by atoms with Crippen molar-refractivity contribution in [3.05, 3.63) is 12.2 Å². The van der Waals surface area contributed by atoms with Gasteiger partial charge in [0.15, 0.2) is 6.10 Å². The Hall–Kier alpha value is -2.18. The Labute approximate surface area is 192 Å². The zero-order chi connectivity index (χ0) is 23.6. The van der Waals surface area contributed by atoms with Gasteiger partial charge < -0.3 is 9.57 Å². The van der Waals surface area contributed by atoms with Crippen molar-refractivity contribution < 1.29 is 28.8 Å². The molecule has 1 fully saturated rings. The predicted octanol–water partition coefficient (Wildman–Crippen LogP) is 5.56. The molecule has 182 valence electrons. The summed E-state index contributed by atoms with van der Waals surface area (Å²) in [5.41, 5.74) is 0. The highest BCUT2D eigenvalue weighted by Gasteiger charge is 2.34. The number of nitrogens with zero attached hydrogens (tertiary/aromatic N) is 1. The molecule has 0 unspecified atom stereocenters. The molecule has 1 heterocycles. The number of unbranched alkanes of at least 4 members (excludes halogenated alkanes) is 11. The van der Waals surface area contributed by atoms with Gasteiger partial charge in [-0.25, -0.2) is 4.79 Å². The maximum atomic E-state index is 11.9. The van der Waals surface area contributed by atoms with Gasteiger partial charge in [0.1, 0.15) is 0 Å². The monoisotopic (exact) mass is 451 g/mol. The number of esters is 1. The quantitative estimate of drug-likeness (QED) is 0.117. The van der Waals surface area contributed by atoms with E-state index in [9.17, 15) is 19.2 Å². The van der Waals surface area contributed by atoms with Crippen molar-refractivity contribution in [2.45, 2.75) is 123 Å². The highest BCUT2D eigenvalue weighted by molar-refractivity contribution is 6.01. The van der Waals surface area contributed by atoms with Crippen LogP contribution in [0.5, 0.6) is 0 Å². The molecule has 32 heavy (non-hydrogen) atoms. The van der Waals surface area contributed by atoms with E-state index in [0.717, 1.165) is 32.1 Å². The third kappa shape index (κ3) is 12.6. The Morgan fingerprint density at radius 1 is 0.844 bits per heavy atom. The van der Waals surface area contributed by atoms with Crippen LogP contribution in [0.15, 0.2) is 12.2 Å². The van der Waals surface area contributed by atoms with Crippen molar-refractivity contribution in [2.75, 3.05) is 0 Å². The van der Waals surface area contributed by atoms with Crippen LogP contribution < -0.4 is 0 Å². The van der Waals surface area contributed by atoms with Gasteiger partial charge in [0.2, 0.25) is 0 Å². The molecule has 0 aromatic carbocycles. The second-order valence-electron chi connectivity index (χ2n) is 8.46. The first-order valence-corrected chi connectivity index (χ1v) is 12.4. The molecular weight excluding hydrogens is 410 g/mol. The highest BCUT2D eigenvalue weighted by atomic mass is 16.7. The number of hydrogen-bond acceptors (Lipinski definition) is 6. The Bertz CT molecular complexity index is 600. The number of allylic oxidation sites excluding steroid dienone is 2. The van der Waals surface area contributed by atoms with Crippen molar-refractivity contribution in [3.8, 4) is 0 Å². The molecule has 0 saturated carbocycles. The maximum Gasteiger partial charge on any atom is 0.373 e. The Morgan fingerprint density at radius 2 is 1.34 bits per heavy atom. The molecule has 2 amide bonds. The zero-order valence-corrected chi connectivity index (χ0v) is 19.9. The minimum absolute atomic E-state index is 0.0236. The number of carbonyl (C=O) groups excluding carboxylic acids is 4. The molecule has 1 saturated heterocycles. The van der Waals surface area contributed by atoms with Crippen LogP contribution in [-0.2, 0) is 28.8 Å². The third-order valence-electron chi connectivity index (χ3n) is 5.47. The highest BCUT2D eigenvalue weighted by Crippen LogP contribution is 2.14. The van der Waals surface area contributed by atoms with Crippen LogP contribution in [0.25, 0.3) is 0 Å². The first kappa shape index (κ1) is 27.9. The van der Waals surface area contributed by atoms with Crippen LogP contribution >= 0.6 is 0 Å². The number of ether oxygens (including phenoxy) is 1. The number of carbonyl (C=O) groups is 4. The summed E-state index contributed by atoms with van der Waals surface area (Å²) in [6.45, 7) is 3.61. The van der Waals surface area contributed by atoms with E-state index in [-0.39, 0.29) is 19.3 Å². The van der Waals surface area contributed by atoms with E-state index in [1.165, 1.54) is 51.9 Å². The average Bonchev–Trinajstić information content (AvgIpc) is 3.08. The molecular formula is C25H41NO6. The van der Waals surface area contributed by atoms with Crippen molar-refractivity contribution in [1.82, 2.24) is 5.06 Å². The number of rotatable bonds is 18. The summed E-state index contributed by atoms with van der Waals surface area (Å²) in [5.74, 6) is -2.53. The molecule has 0 aromatic heterocycles. The van der Waals surface area contributed by atoms with E-state index in [0.29, 0.717) is 11.5 Å².